The van der Waals surface area contributed by atoms with Gasteiger partial charge in [-0.1, -0.05) is 18.2 Å². The first kappa shape index (κ1) is 25.8. The second kappa shape index (κ2) is 11.2. The Morgan fingerprint density at radius 3 is 2.38 bits per heavy atom. The van der Waals surface area contributed by atoms with E-state index in [1.165, 1.54) is 12.1 Å². The van der Waals surface area contributed by atoms with Crippen molar-refractivity contribution in [3.8, 4) is 28.7 Å². The maximum absolute atomic E-state index is 13.1. The van der Waals surface area contributed by atoms with Gasteiger partial charge in [0, 0.05) is 30.6 Å². The number of likely N-dealkylation sites (N-methyl/N-ethyl adjacent to an activating group) is 1. The molecule has 0 aliphatic carbocycles. The third kappa shape index (κ3) is 5.62. The normalized spacial score (nSPS) is 14.5. The number of methoxy groups -OCH3 is 2. The molecular formula is C28H29NO8. The molecule has 0 aromatic heterocycles. The number of fused-ring (bicyclic) bond motifs is 3. The number of carboxylic acids is 1. The number of ketones is 1. The van der Waals surface area contributed by atoms with Crippen LogP contribution in [-0.4, -0.2) is 61.5 Å². The number of carbonyl (C=O) groups is 2. The number of aromatic carboxylic acids is 1. The van der Waals surface area contributed by atoms with Crippen LogP contribution < -0.4 is 18.9 Å². The second-order valence-electron chi connectivity index (χ2n) is 8.71. The van der Waals surface area contributed by atoms with Crippen molar-refractivity contribution in [2.75, 3.05) is 34.6 Å². The van der Waals surface area contributed by atoms with Crippen molar-refractivity contribution in [1.29, 1.82) is 0 Å². The molecule has 9 heteroatoms. The van der Waals surface area contributed by atoms with Gasteiger partial charge in [-0.25, -0.2) is 4.79 Å². The highest BCUT2D eigenvalue weighted by Gasteiger charge is 2.25. The molecule has 0 amide bonds. The highest BCUT2D eigenvalue weighted by atomic mass is 16.7. The molecule has 2 aliphatic heterocycles. The summed E-state index contributed by atoms with van der Waals surface area (Å²) in [6, 6.07) is 13.4. The van der Waals surface area contributed by atoms with Crippen molar-refractivity contribution in [3.05, 3.63) is 76.3 Å². The van der Waals surface area contributed by atoms with Crippen molar-refractivity contribution < 1.29 is 38.7 Å². The summed E-state index contributed by atoms with van der Waals surface area (Å²) in [6.45, 7) is 1.69. The number of hydrogen-bond acceptors (Lipinski definition) is 8. The van der Waals surface area contributed by atoms with E-state index in [0.29, 0.717) is 41.5 Å². The molecule has 2 heterocycles. The van der Waals surface area contributed by atoms with Gasteiger partial charge < -0.3 is 34.1 Å². The molecule has 0 unspecified atom stereocenters. The van der Waals surface area contributed by atoms with Crippen LogP contribution in [0.15, 0.2) is 48.5 Å². The monoisotopic (exact) mass is 507 g/mol. The Balaban J connectivity index is 0.000000270. The minimum atomic E-state index is -1.11. The lowest BCUT2D eigenvalue weighted by atomic mass is 9.92. The van der Waals surface area contributed by atoms with Crippen LogP contribution in [0.5, 0.6) is 28.7 Å². The summed E-state index contributed by atoms with van der Waals surface area (Å²) in [5, 5.41) is 17.3. The Morgan fingerprint density at radius 1 is 1.00 bits per heavy atom. The van der Waals surface area contributed by atoms with Gasteiger partial charge in [-0.2, -0.15) is 0 Å². The van der Waals surface area contributed by atoms with E-state index in [1.807, 2.05) is 24.3 Å². The van der Waals surface area contributed by atoms with Crippen molar-refractivity contribution in [3.63, 3.8) is 0 Å². The highest BCUT2D eigenvalue weighted by molar-refractivity contribution is 6.00. The van der Waals surface area contributed by atoms with Gasteiger partial charge in [0.2, 0.25) is 6.79 Å². The summed E-state index contributed by atoms with van der Waals surface area (Å²) in [4.78, 5) is 25.6. The Hall–Kier alpha value is -4.24. The number of phenols is 1. The Labute approximate surface area is 214 Å². The number of hydrogen-bond donors (Lipinski definition) is 2. The first-order chi connectivity index (χ1) is 17.8. The molecule has 2 aliphatic rings. The summed E-state index contributed by atoms with van der Waals surface area (Å²) in [5.74, 6) is 1.49. The predicted octanol–water partition coefficient (Wildman–Crippen LogP) is 3.94. The molecule has 9 nitrogen and oxygen atoms in total. The van der Waals surface area contributed by atoms with Crippen LogP contribution in [0, 0.1) is 0 Å². The smallest absolute Gasteiger partial charge is 0.339 e. The average Bonchev–Trinajstić information content (AvgIpc) is 3.35. The zero-order valence-corrected chi connectivity index (χ0v) is 20.9. The van der Waals surface area contributed by atoms with Crippen LogP contribution in [0.4, 0.5) is 0 Å². The standard InChI is InChI=1S/C21H23NO5.C7H6O3/c1-22-7-6-14-9-19-20(27-12-26-19)10-15(14)17(23)8-13-4-5-18(24-2)21(25-3)16(13)11-22;8-6-4-2-1-3-5(6)7(9)10/h4-5,9-10H,6-8,11-12H2,1-3H3;1-4,8H,(H,9,10). The van der Waals surface area contributed by atoms with Gasteiger partial charge in [-0.15, -0.1) is 0 Å². The molecule has 3 aromatic rings. The number of carboxylic acid groups (broad SMARTS) is 1. The number of benzene rings is 3. The summed E-state index contributed by atoms with van der Waals surface area (Å²) < 4.78 is 22.0. The van der Waals surface area contributed by atoms with Crippen molar-refractivity contribution in [1.82, 2.24) is 4.90 Å². The molecule has 0 spiro atoms. The lowest BCUT2D eigenvalue weighted by Gasteiger charge is -2.24. The fraction of sp³-hybridized carbons (Fsp3) is 0.286. The molecule has 0 bridgehead atoms. The van der Waals surface area contributed by atoms with E-state index in [2.05, 4.69) is 11.9 Å². The van der Waals surface area contributed by atoms with Crippen LogP contribution in [0.2, 0.25) is 0 Å². The molecule has 0 fully saturated rings. The minimum Gasteiger partial charge on any atom is -0.507 e. The minimum absolute atomic E-state index is 0.0671. The number of carbonyl (C=O) groups excluding carboxylic acids is 1. The molecule has 5 rings (SSSR count). The summed E-state index contributed by atoms with van der Waals surface area (Å²) >= 11 is 0. The fourth-order valence-corrected chi connectivity index (χ4v) is 4.40. The van der Waals surface area contributed by atoms with Gasteiger partial charge in [0.15, 0.2) is 28.8 Å². The van der Waals surface area contributed by atoms with Gasteiger partial charge in [0.1, 0.15) is 11.3 Å². The van der Waals surface area contributed by atoms with E-state index in [9.17, 15) is 9.59 Å². The maximum Gasteiger partial charge on any atom is 0.339 e. The third-order valence-electron chi connectivity index (χ3n) is 6.32. The van der Waals surface area contributed by atoms with E-state index >= 15 is 0 Å². The Bertz CT molecular complexity index is 1320. The number of para-hydroxylation sites is 1. The quantitative estimate of drug-likeness (QED) is 0.544. The summed E-state index contributed by atoms with van der Waals surface area (Å²) in [7, 11) is 5.33. The van der Waals surface area contributed by atoms with E-state index in [-0.39, 0.29) is 23.9 Å². The molecule has 3 aromatic carbocycles. The van der Waals surface area contributed by atoms with Crippen molar-refractivity contribution in [2.45, 2.75) is 19.4 Å². The molecule has 0 radical (unpaired) electrons. The first-order valence-corrected chi connectivity index (χ1v) is 11.7. The lowest BCUT2D eigenvalue weighted by Crippen LogP contribution is -2.24. The predicted molar refractivity (Wildman–Crippen MR) is 135 cm³/mol. The lowest BCUT2D eigenvalue weighted by molar-refractivity contribution is 0.0693. The zero-order valence-electron chi connectivity index (χ0n) is 20.9. The van der Waals surface area contributed by atoms with Gasteiger partial charge >= 0.3 is 5.97 Å². The van der Waals surface area contributed by atoms with Gasteiger partial charge in [0.05, 0.1) is 14.2 Å². The Morgan fingerprint density at radius 2 is 1.73 bits per heavy atom. The average molecular weight is 508 g/mol. The number of aromatic hydroxyl groups is 1. The maximum atomic E-state index is 13.1. The topological polar surface area (TPSA) is 115 Å². The molecule has 2 N–H and O–H groups in total. The van der Waals surface area contributed by atoms with Crippen molar-refractivity contribution in [2.24, 2.45) is 0 Å². The molecular weight excluding hydrogens is 478 g/mol. The van der Waals surface area contributed by atoms with E-state index in [1.54, 1.807) is 26.4 Å². The summed E-state index contributed by atoms with van der Waals surface area (Å²) in [5.41, 5.74) is 3.59. The van der Waals surface area contributed by atoms with Crippen molar-refractivity contribution >= 4 is 11.8 Å². The van der Waals surface area contributed by atoms with Crippen LogP contribution in [0.3, 0.4) is 0 Å². The molecule has 37 heavy (non-hydrogen) atoms. The van der Waals surface area contributed by atoms with Crippen LogP contribution in [0.25, 0.3) is 0 Å². The molecule has 0 atom stereocenters. The molecule has 0 saturated carbocycles. The molecule has 0 saturated heterocycles. The number of rotatable bonds is 3. The van der Waals surface area contributed by atoms with E-state index in [0.717, 1.165) is 29.7 Å². The number of ether oxygens (including phenoxy) is 4. The van der Waals surface area contributed by atoms with E-state index < -0.39 is 5.97 Å². The fourth-order valence-electron chi connectivity index (χ4n) is 4.40. The van der Waals surface area contributed by atoms with Gasteiger partial charge in [0.25, 0.3) is 0 Å². The zero-order chi connectivity index (χ0) is 26.5. The largest absolute Gasteiger partial charge is 0.507 e. The van der Waals surface area contributed by atoms with Gasteiger partial charge in [-0.3, -0.25) is 4.79 Å². The Kier molecular flexibility index (Phi) is 7.83. The first-order valence-electron chi connectivity index (χ1n) is 11.7. The van der Waals surface area contributed by atoms with E-state index in [4.69, 9.17) is 29.2 Å². The van der Waals surface area contributed by atoms with Crippen LogP contribution in [0.1, 0.15) is 37.4 Å². The SMILES string of the molecule is COc1ccc2c(c1OC)CN(C)CCc1cc3c(cc1C(=O)C2)OCO3.O=C(O)c1ccccc1O. The van der Waals surface area contributed by atoms with Crippen LogP contribution >= 0.6 is 0 Å². The highest BCUT2D eigenvalue weighted by Crippen LogP contribution is 2.38. The van der Waals surface area contributed by atoms with Gasteiger partial charge in [-0.05, 0) is 54.9 Å². The number of nitrogens with zero attached hydrogens (tertiary/aromatic N) is 1. The number of Topliss-reactive ketones (excluding diaryl/α,β-unsaturated/α-hetero) is 1. The third-order valence-corrected chi connectivity index (χ3v) is 6.32. The van der Waals surface area contributed by atoms with Crippen LogP contribution in [-0.2, 0) is 19.4 Å². The second-order valence-corrected chi connectivity index (χ2v) is 8.71. The summed E-state index contributed by atoms with van der Waals surface area (Å²) in [6.07, 6.45) is 1.06. The molecule has 194 valence electrons.